The number of hydrogen-bond donors (Lipinski definition) is 0. The lowest BCUT2D eigenvalue weighted by atomic mass is 9.96. The van der Waals surface area contributed by atoms with Crippen molar-refractivity contribution in [2.75, 3.05) is 7.11 Å². The molecule has 156 valence electrons. The SMILES string of the molecule is COCc1cn(C2CC3CCC(C2)N3C(=O)c2cccc(OC(F)(F)F)c2)nn1. The number of nitrogens with zero attached hydrogens (tertiary/aromatic N) is 4. The molecule has 2 unspecified atom stereocenters. The molecule has 0 radical (unpaired) electrons. The number of halogens is 3. The number of aromatic nitrogens is 3. The van der Waals surface area contributed by atoms with Crippen LogP contribution in [0.1, 0.15) is 47.8 Å². The van der Waals surface area contributed by atoms with Crippen LogP contribution in [0, 0.1) is 0 Å². The second kappa shape index (κ2) is 7.66. The minimum absolute atomic E-state index is 0.0218. The second-order valence-corrected chi connectivity index (χ2v) is 7.42. The summed E-state index contributed by atoms with van der Waals surface area (Å²) in [6.45, 7) is 0.389. The van der Waals surface area contributed by atoms with Crippen LogP contribution in [-0.2, 0) is 11.3 Å². The Bertz CT molecular complexity index is 872. The normalized spacial score (nSPS) is 24.0. The van der Waals surface area contributed by atoms with Gasteiger partial charge in [0.25, 0.3) is 5.91 Å². The van der Waals surface area contributed by atoms with Crippen molar-refractivity contribution >= 4 is 5.91 Å². The molecule has 2 aromatic rings. The van der Waals surface area contributed by atoms with Gasteiger partial charge in [0.15, 0.2) is 0 Å². The van der Waals surface area contributed by atoms with Gasteiger partial charge >= 0.3 is 6.36 Å². The highest BCUT2D eigenvalue weighted by Crippen LogP contribution is 2.41. The summed E-state index contributed by atoms with van der Waals surface area (Å²) in [4.78, 5) is 14.9. The van der Waals surface area contributed by atoms with Crippen molar-refractivity contribution in [1.29, 1.82) is 0 Å². The molecule has 2 aliphatic rings. The number of ether oxygens (including phenoxy) is 2. The summed E-state index contributed by atoms with van der Waals surface area (Å²) in [6, 6.07) is 5.43. The van der Waals surface area contributed by atoms with Gasteiger partial charge in [0.2, 0.25) is 0 Å². The van der Waals surface area contributed by atoms with Crippen molar-refractivity contribution < 1.29 is 27.4 Å². The topological polar surface area (TPSA) is 69.5 Å². The summed E-state index contributed by atoms with van der Waals surface area (Å²) in [5, 5.41) is 8.28. The highest BCUT2D eigenvalue weighted by Gasteiger charge is 2.44. The van der Waals surface area contributed by atoms with Gasteiger partial charge in [0.05, 0.1) is 18.8 Å². The van der Waals surface area contributed by atoms with Gasteiger partial charge in [-0.3, -0.25) is 4.79 Å². The maximum absolute atomic E-state index is 13.0. The molecule has 1 aromatic heterocycles. The van der Waals surface area contributed by atoms with Crippen LogP contribution in [0.2, 0.25) is 0 Å². The van der Waals surface area contributed by atoms with Crippen molar-refractivity contribution in [2.45, 2.75) is 56.8 Å². The summed E-state index contributed by atoms with van der Waals surface area (Å²) in [7, 11) is 1.60. The smallest absolute Gasteiger partial charge is 0.406 e. The van der Waals surface area contributed by atoms with E-state index in [2.05, 4.69) is 15.0 Å². The third-order valence-electron chi connectivity index (χ3n) is 5.48. The Morgan fingerprint density at radius 3 is 2.59 bits per heavy atom. The molecule has 0 N–H and O–H groups in total. The number of hydrogen-bond acceptors (Lipinski definition) is 5. The van der Waals surface area contributed by atoms with E-state index in [4.69, 9.17) is 4.74 Å². The van der Waals surface area contributed by atoms with Crippen LogP contribution in [0.25, 0.3) is 0 Å². The number of alkyl halides is 3. The number of amides is 1. The summed E-state index contributed by atoms with van der Waals surface area (Å²) in [5.41, 5.74) is 0.949. The molecule has 2 atom stereocenters. The highest BCUT2D eigenvalue weighted by atomic mass is 19.4. The minimum atomic E-state index is -4.79. The Morgan fingerprint density at radius 2 is 1.93 bits per heavy atom. The lowest BCUT2D eigenvalue weighted by molar-refractivity contribution is -0.274. The quantitative estimate of drug-likeness (QED) is 0.756. The van der Waals surface area contributed by atoms with Crippen LogP contribution >= 0.6 is 0 Å². The van der Waals surface area contributed by atoms with E-state index in [1.54, 1.807) is 7.11 Å². The molecule has 0 saturated carbocycles. The Labute approximate surface area is 165 Å². The van der Waals surface area contributed by atoms with E-state index in [0.29, 0.717) is 6.61 Å². The predicted molar refractivity (Wildman–Crippen MR) is 95.1 cm³/mol. The van der Waals surface area contributed by atoms with Gasteiger partial charge in [0.1, 0.15) is 11.4 Å². The standard InChI is InChI=1S/C19H21F3N4O3/c1-28-11-13-10-25(24-23-13)16-8-14-5-6-15(9-16)26(14)18(27)12-3-2-4-17(7-12)29-19(20,21)22/h2-4,7,10,14-16H,5-6,8-9,11H2,1H3. The summed E-state index contributed by atoms with van der Waals surface area (Å²) < 4.78 is 48.3. The molecule has 3 heterocycles. The number of benzene rings is 1. The first-order valence-corrected chi connectivity index (χ1v) is 9.42. The number of methoxy groups -OCH3 is 1. The van der Waals surface area contributed by atoms with Crippen LogP contribution < -0.4 is 4.74 Å². The number of fused-ring (bicyclic) bond motifs is 2. The predicted octanol–water partition coefficient (Wildman–Crippen LogP) is 3.33. The van der Waals surface area contributed by atoms with Gasteiger partial charge in [-0.05, 0) is 43.9 Å². The van der Waals surface area contributed by atoms with Gasteiger partial charge in [0, 0.05) is 24.8 Å². The molecule has 4 rings (SSSR count). The fraction of sp³-hybridized carbons (Fsp3) is 0.526. The van der Waals surface area contributed by atoms with E-state index in [0.717, 1.165) is 37.4 Å². The summed E-state index contributed by atoms with van der Waals surface area (Å²) in [5.74, 6) is -0.652. The molecule has 2 fully saturated rings. The average molecular weight is 410 g/mol. The zero-order chi connectivity index (χ0) is 20.6. The number of carbonyl (C=O) groups is 1. The molecule has 1 aromatic carbocycles. The molecule has 29 heavy (non-hydrogen) atoms. The van der Waals surface area contributed by atoms with Crippen molar-refractivity contribution in [1.82, 2.24) is 19.9 Å². The van der Waals surface area contributed by atoms with Crippen molar-refractivity contribution in [3.63, 3.8) is 0 Å². The Balaban J connectivity index is 1.48. The van der Waals surface area contributed by atoms with Crippen molar-refractivity contribution in [2.24, 2.45) is 0 Å². The fourth-order valence-electron chi connectivity index (χ4n) is 4.38. The maximum Gasteiger partial charge on any atom is 0.573 e. The molecule has 0 spiro atoms. The largest absolute Gasteiger partial charge is 0.573 e. The van der Waals surface area contributed by atoms with E-state index in [1.165, 1.54) is 18.2 Å². The molecule has 2 saturated heterocycles. The third kappa shape index (κ3) is 4.21. The maximum atomic E-state index is 13.0. The number of piperidine rings is 1. The first-order chi connectivity index (χ1) is 13.8. The van der Waals surface area contributed by atoms with E-state index in [1.807, 2.05) is 15.8 Å². The Morgan fingerprint density at radius 1 is 1.21 bits per heavy atom. The van der Waals surface area contributed by atoms with Crippen LogP contribution in [0.3, 0.4) is 0 Å². The molecule has 2 bridgehead atoms. The molecular formula is C19H21F3N4O3. The van der Waals surface area contributed by atoms with Crippen LogP contribution in [0.15, 0.2) is 30.5 Å². The lowest BCUT2D eigenvalue weighted by Crippen LogP contribution is -2.47. The number of carbonyl (C=O) groups excluding carboxylic acids is 1. The second-order valence-electron chi connectivity index (χ2n) is 7.42. The average Bonchev–Trinajstić information content (AvgIpc) is 3.22. The molecule has 0 aliphatic carbocycles. The van der Waals surface area contributed by atoms with Gasteiger partial charge in [-0.1, -0.05) is 11.3 Å². The van der Waals surface area contributed by atoms with Crippen LogP contribution in [-0.4, -0.2) is 51.4 Å². The third-order valence-corrected chi connectivity index (χ3v) is 5.48. The lowest BCUT2D eigenvalue weighted by Gasteiger charge is -2.39. The van der Waals surface area contributed by atoms with Gasteiger partial charge < -0.3 is 14.4 Å². The monoisotopic (exact) mass is 410 g/mol. The number of rotatable bonds is 5. The van der Waals surface area contributed by atoms with E-state index in [-0.39, 0.29) is 35.3 Å². The zero-order valence-electron chi connectivity index (χ0n) is 15.8. The van der Waals surface area contributed by atoms with Crippen molar-refractivity contribution in [3.05, 3.63) is 41.7 Å². The van der Waals surface area contributed by atoms with Crippen LogP contribution in [0.4, 0.5) is 13.2 Å². The van der Waals surface area contributed by atoms with E-state index < -0.39 is 6.36 Å². The fourth-order valence-corrected chi connectivity index (χ4v) is 4.38. The minimum Gasteiger partial charge on any atom is -0.406 e. The molecule has 7 nitrogen and oxygen atoms in total. The Kier molecular flexibility index (Phi) is 5.20. The van der Waals surface area contributed by atoms with Gasteiger partial charge in [-0.15, -0.1) is 18.3 Å². The molecule has 2 aliphatic heterocycles. The van der Waals surface area contributed by atoms with Crippen LogP contribution in [0.5, 0.6) is 5.75 Å². The van der Waals surface area contributed by atoms with Crippen molar-refractivity contribution in [3.8, 4) is 5.75 Å². The first kappa shape index (κ1) is 19.7. The summed E-state index contributed by atoms with van der Waals surface area (Å²) in [6.07, 6.45) is 0.269. The molecule has 10 heteroatoms. The summed E-state index contributed by atoms with van der Waals surface area (Å²) >= 11 is 0. The highest BCUT2D eigenvalue weighted by molar-refractivity contribution is 5.95. The van der Waals surface area contributed by atoms with E-state index >= 15 is 0 Å². The first-order valence-electron chi connectivity index (χ1n) is 9.42. The van der Waals surface area contributed by atoms with Gasteiger partial charge in [-0.25, -0.2) is 4.68 Å². The zero-order valence-corrected chi connectivity index (χ0v) is 15.8. The molecular weight excluding hydrogens is 389 g/mol. The van der Waals surface area contributed by atoms with Gasteiger partial charge in [-0.2, -0.15) is 0 Å². The van der Waals surface area contributed by atoms with E-state index in [9.17, 15) is 18.0 Å². The Hall–Kier alpha value is -2.62. The molecule has 1 amide bonds.